The van der Waals surface area contributed by atoms with Gasteiger partial charge in [0, 0.05) is 6.07 Å². The van der Waals surface area contributed by atoms with Crippen molar-refractivity contribution in [1.29, 1.82) is 0 Å². The average molecular weight is 473 g/mol. The van der Waals surface area contributed by atoms with Crippen molar-refractivity contribution in [2.75, 3.05) is 20.8 Å². The van der Waals surface area contributed by atoms with Crippen molar-refractivity contribution in [3.8, 4) is 0 Å². The highest BCUT2D eigenvalue weighted by Crippen LogP contribution is 2.56. The lowest BCUT2D eigenvalue weighted by molar-refractivity contribution is -0.162. The Kier molecular flexibility index (Phi) is 7.79. The molecule has 2 aromatic rings. The lowest BCUT2D eigenvalue weighted by Crippen LogP contribution is -2.49. The molecule has 2 aromatic heterocycles. The van der Waals surface area contributed by atoms with Crippen molar-refractivity contribution >= 4 is 36.0 Å². The summed E-state index contributed by atoms with van der Waals surface area (Å²) in [7, 11) is 2.61. The molecule has 3 N–H and O–H groups in total. The number of nitrogens with two attached hydrogens (primary N) is 1. The van der Waals surface area contributed by atoms with Crippen molar-refractivity contribution < 1.29 is 33.4 Å². The summed E-state index contributed by atoms with van der Waals surface area (Å²) in [4.78, 5) is 37.5. The maximum atomic E-state index is 13.2. The third kappa shape index (κ3) is 4.53. The molecule has 0 aromatic carbocycles. The molecule has 0 saturated heterocycles. The summed E-state index contributed by atoms with van der Waals surface area (Å²) < 4.78 is 23.3. The second-order valence-electron chi connectivity index (χ2n) is 8.03. The van der Waals surface area contributed by atoms with Gasteiger partial charge >= 0.3 is 17.9 Å². The average Bonchev–Trinajstić information content (AvgIpc) is 3.19. The number of fused-ring (bicyclic) bond motifs is 4. The summed E-state index contributed by atoms with van der Waals surface area (Å²) in [5.74, 6) is -3.03. The van der Waals surface area contributed by atoms with Gasteiger partial charge in [-0.05, 0) is 50.5 Å². The van der Waals surface area contributed by atoms with E-state index in [4.69, 9.17) is 15.6 Å². The number of esters is 2. The van der Waals surface area contributed by atoms with E-state index in [1.165, 1.54) is 7.11 Å². The van der Waals surface area contributed by atoms with Gasteiger partial charge in [0.2, 0.25) is 0 Å². The number of methoxy groups -OCH3 is 2. The molecule has 10 nitrogen and oxygen atoms in total. The number of nitrogens with zero attached hydrogens (tertiary/aromatic N) is 3. The number of aromatic nitrogens is 3. The van der Waals surface area contributed by atoms with Gasteiger partial charge in [-0.3, -0.25) is 4.79 Å². The summed E-state index contributed by atoms with van der Waals surface area (Å²) in [5.41, 5.74) is 5.01. The summed E-state index contributed by atoms with van der Waals surface area (Å²) in [5, 5.41) is 12.4. The highest BCUT2D eigenvalue weighted by molar-refractivity contribution is 5.93. The van der Waals surface area contributed by atoms with E-state index in [0.717, 1.165) is 69.0 Å². The zero-order chi connectivity index (χ0) is 22.8. The van der Waals surface area contributed by atoms with Crippen LogP contribution in [0.4, 0.5) is 4.39 Å². The third-order valence-corrected chi connectivity index (χ3v) is 6.50. The van der Waals surface area contributed by atoms with Crippen molar-refractivity contribution in [2.24, 2.45) is 16.6 Å². The Balaban J connectivity index is 0.000000224. The molecule has 0 radical (unpaired) electrons. The molecule has 0 aliphatic heterocycles. The molecule has 0 spiro atoms. The first-order valence-electron chi connectivity index (χ1n) is 9.85. The number of aromatic carboxylic acids is 1. The van der Waals surface area contributed by atoms with Gasteiger partial charge in [-0.25, -0.2) is 23.5 Å². The van der Waals surface area contributed by atoms with Gasteiger partial charge in [0.05, 0.1) is 25.8 Å². The largest absolute Gasteiger partial charge is 0.477 e. The molecule has 3 aliphatic rings. The highest BCUT2D eigenvalue weighted by Gasteiger charge is 2.52. The van der Waals surface area contributed by atoms with Gasteiger partial charge in [0.1, 0.15) is 0 Å². The predicted octanol–water partition coefficient (Wildman–Crippen LogP) is 2.23. The van der Waals surface area contributed by atoms with E-state index in [9.17, 15) is 18.8 Å². The molecule has 3 saturated carbocycles. The molecular weight excluding hydrogens is 447 g/mol. The zero-order valence-corrected chi connectivity index (χ0v) is 18.6. The number of halogens is 2. The van der Waals surface area contributed by atoms with E-state index in [1.54, 1.807) is 0 Å². The Bertz CT molecular complexity index is 1000. The van der Waals surface area contributed by atoms with Gasteiger partial charge in [-0.15, -0.1) is 12.4 Å². The molecule has 0 amide bonds. The van der Waals surface area contributed by atoms with Crippen molar-refractivity contribution in [2.45, 2.75) is 38.5 Å². The summed E-state index contributed by atoms with van der Waals surface area (Å²) >= 11 is 0. The SMILES string of the molecule is COC(=O)C12CCC(CN)(CC1)CC2.COC(=O)c1cc(C(=O)O)n2ncc(F)c2n1.Cl. The fourth-order valence-electron chi connectivity index (χ4n) is 4.39. The fraction of sp³-hybridized carbons (Fsp3) is 0.550. The number of carboxylic acids is 1. The quantitative estimate of drug-likeness (QED) is 0.639. The molecule has 176 valence electrons. The third-order valence-electron chi connectivity index (χ3n) is 6.50. The molecule has 3 aliphatic carbocycles. The smallest absolute Gasteiger partial charge is 0.356 e. The van der Waals surface area contributed by atoms with Crippen molar-refractivity contribution in [1.82, 2.24) is 14.6 Å². The van der Waals surface area contributed by atoms with E-state index in [2.05, 4.69) is 14.8 Å². The van der Waals surface area contributed by atoms with Crippen LogP contribution in [0.15, 0.2) is 12.3 Å². The molecule has 0 atom stereocenters. The standard InChI is InChI=1S/C11H19NO2.C9H6FN3O4.ClH/c1-14-9(13)11-5-2-10(8-12,3-6-11)4-7-11;1-17-9(16)5-2-6(8(14)15)13-7(12-5)4(10)3-11-13;/h2-8,12H2,1H3;2-3H,1H3,(H,14,15);1H. The van der Waals surface area contributed by atoms with Crippen LogP contribution in [-0.2, 0) is 14.3 Å². The summed E-state index contributed by atoms with van der Waals surface area (Å²) in [6.07, 6.45) is 7.09. The normalized spacial score (nSPS) is 23.5. The van der Waals surface area contributed by atoms with E-state index in [0.29, 0.717) is 5.41 Å². The molecule has 12 heteroatoms. The molecule has 3 fully saturated rings. The van der Waals surface area contributed by atoms with Crippen LogP contribution in [0, 0.1) is 16.6 Å². The van der Waals surface area contributed by atoms with Gasteiger partial charge in [0.25, 0.3) is 0 Å². The Labute approximate surface area is 189 Å². The van der Waals surface area contributed by atoms with Crippen LogP contribution in [0.1, 0.15) is 59.5 Å². The Hall–Kier alpha value is -2.79. The topological polar surface area (TPSA) is 146 Å². The number of hydrogen-bond donors (Lipinski definition) is 2. The van der Waals surface area contributed by atoms with E-state index in [1.807, 2.05) is 0 Å². The van der Waals surface area contributed by atoms with Gasteiger partial charge in [0.15, 0.2) is 22.9 Å². The second-order valence-corrected chi connectivity index (χ2v) is 8.03. The fourth-order valence-corrected chi connectivity index (χ4v) is 4.39. The summed E-state index contributed by atoms with van der Waals surface area (Å²) in [6, 6.07) is 0.966. The Morgan fingerprint density at radius 3 is 2.22 bits per heavy atom. The Morgan fingerprint density at radius 2 is 1.75 bits per heavy atom. The molecule has 5 rings (SSSR count). The van der Waals surface area contributed by atoms with Crippen LogP contribution < -0.4 is 5.73 Å². The number of ether oxygens (including phenoxy) is 2. The summed E-state index contributed by atoms with van der Waals surface area (Å²) in [6.45, 7) is 0.782. The number of carbonyl (C=O) groups is 3. The molecule has 32 heavy (non-hydrogen) atoms. The van der Waals surface area contributed by atoms with Gasteiger partial charge < -0.3 is 20.3 Å². The predicted molar refractivity (Wildman–Crippen MR) is 112 cm³/mol. The first-order valence-corrected chi connectivity index (χ1v) is 9.85. The lowest BCUT2D eigenvalue weighted by atomic mass is 9.54. The second kappa shape index (κ2) is 9.78. The van der Waals surface area contributed by atoms with Crippen LogP contribution in [-0.4, -0.2) is 58.4 Å². The van der Waals surface area contributed by atoms with Crippen molar-refractivity contribution in [3.63, 3.8) is 0 Å². The van der Waals surface area contributed by atoms with Crippen LogP contribution in [0.25, 0.3) is 5.65 Å². The number of rotatable bonds is 4. The molecule has 2 heterocycles. The number of hydrogen-bond acceptors (Lipinski definition) is 8. The minimum absolute atomic E-state index is 0. The number of carbonyl (C=O) groups excluding carboxylic acids is 2. The first kappa shape index (κ1) is 25.5. The molecule has 2 bridgehead atoms. The van der Waals surface area contributed by atoms with Crippen LogP contribution in [0.2, 0.25) is 0 Å². The lowest BCUT2D eigenvalue weighted by Gasteiger charge is -2.51. The minimum Gasteiger partial charge on any atom is -0.477 e. The van der Waals surface area contributed by atoms with Crippen LogP contribution >= 0.6 is 12.4 Å². The Morgan fingerprint density at radius 1 is 1.16 bits per heavy atom. The molecular formula is C20H26ClFN4O6. The minimum atomic E-state index is -1.36. The maximum absolute atomic E-state index is 13.2. The van der Waals surface area contributed by atoms with E-state index < -0.39 is 17.8 Å². The maximum Gasteiger partial charge on any atom is 0.356 e. The van der Waals surface area contributed by atoms with E-state index >= 15 is 0 Å². The van der Waals surface area contributed by atoms with Crippen LogP contribution in [0.5, 0.6) is 0 Å². The van der Waals surface area contributed by atoms with Gasteiger partial charge in [-0.1, -0.05) is 0 Å². The monoisotopic (exact) mass is 472 g/mol. The first-order chi connectivity index (χ1) is 14.7. The molecule has 0 unspecified atom stereocenters. The van der Waals surface area contributed by atoms with Crippen molar-refractivity contribution in [3.05, 3.63) is 29.5 Å². The van der Waals surface area contributed by atoms with Crippen LogP contribution in [0.3, 0.4) is 0 Å². The van der Waals surface area contributed by atoms with E-state index in [-0.39, 0.29) is 40.8 Å². The number of carboxylic acid groups (broad SMARTS) is 1. The van der Waals surface area contributed by atoms with Gasteiger partial charge in [-0.2, -0.15) is 5.10 Å². The highest BCUT2D eigenvalue weighted by atomic mass is 35.5. The zero-order valence-electron chi connectivity index (χ0n) is 17.8.